The number of hydrogen-bond donors (Lipinski definition) is 2. The molecule has 0 fully saturated rings. The number of thiazole rings is 1. The summed E-state index contributed by atoms with van der Waals surface area (Å²) in [4.78, 5) is 8.78. The number of alkyl halides is 3. The first-order valence-electron chi connectivity index (χ1n) is 7.89. The summed E-state index contributed by atoms with van der Waals surface area (Å²) in [6, 6.07) is 12.4. The minimum Gasteiger partial charge on any atom is -0.492 e. The van der Waals surface area contributed by atoms with Gasteiger partial charge in [-0.1, -0.05) is 35.6 Å². The number of nitrogens with zero attached hydrogens (tertiary/aromatic N) is 2. The van der Waals surface area contributed by atoms with E-state index in [0.29, 0.717) is 10.0 Å². The number of anilines is 2. The van der Waals surface area contributed by atoms with Crippen LogP contribution in [-0.2, 0) is 6.18 Å². The fourth-order valence-electron chi connectivity index (χ4n) is 2.66. The van der Waals surface area contributed by atoms with Crippen molar-refractivity contribution in [3.05, 3.63) is 64.5 Å². The third-order valence-corrected chi connectivity index (χ3v) is 4.83. The Hall–Kier alpha value is -3.13. The van der Waals surface area contributed by atoms with E-state index in [2.05, 4.69) is 15.3 Å². The average molecular weight is 387 g/mol. The summed E-state index contributed by atoms with van der Waals surface area (Å²) in [5.41, 5.74) is 2.10. The highest BCUT2D eigenvalue weighted by atomic mass is 32.1. The Labute approximate surface area is 156 Å². The van der Waals surface area contributed by atoms with Crippen molar-refractivity contribution in [3.63, 3.8) is 0 Å². The van der Waals surface area contributed by atoms with Crippen LogP contribution in [0.25, 0.3) is 11.6 Å². The maximum Gasteiger partial charge on any atom is 0.416 e. The normalized spacial score (nSPS) is 14.6. The van der Waals surface area contributed by atoms with Gasteiger partial charge in [0.25, 0.3) is 0 Å². The number of halogens is 3. The van der Waals surface area contributed by atoms with Gasteiger partial charge in [0.2, 0.25) is 5.88 Å². The zero-order valence-corrected chi connectivity index (χ0v) is 14.5. The molecule has 2 N–H and O–H groups in total. The molecule has 8 heteroatoms. The van der Waals surface area contributed by atoms with Crippen LogP contribution < -0.4 is 5.32 Å². The van der Waals surface area contributed by atoms with E-state index in [1.54, 1.807) is 12.3 Å². The molecule has 0 bridgehead atoms. The lowest BCUT2D eigenvalue weighted by molar-refractivity contribution is -0.137. The number of aromatic hydroxyl groups is 1. The lowest BCUT2D eigenvalue weighted by Crippen LogP contribution is -2.05. The largest absolute Gasteiger partial charge is 0.492 e. The van der Waals surface area contributed by atoms with Crippen molar-refractivity contribution >= 4 is 45.7 Å². The summed E-state index contributed by atoms with van der Waals surface area (Å²) in [6.07, 6.45) is -0.975. The van der Waals surface area contributed by atoms with Gasteiger partial charge in [0.05, 0.1) is 16.1 Å². The monoisotopic (exact) mass is 387 g/mol. The molecular formula is C19H12F3N3OS. The third kappa shape index (κ3) is 3.56. The van der Waals surface area contributed by atoms with E-state index in [4.69, 9.17) is 0 Å². The Morgan fingerprint density at radius 2 is 1.89 bits per heavy atom. The lowest BCUT2D eigenvalue weighted by Gasteiger charge is -2.08. The SMILES string of the molecule is Oc1nc(Nc2cccc(C(F)(F)F)c2)sc1/C=C1\C=Nc2ccccc21. The first-order valence-corrected chi connectivity index (χ1v) is 8.71. The zero-order chi connectivity index (χ0) is 19.0. The number of para-hydroxylation sites is 1. The molecule has 4 nitrogen and oxygen atoms in total. The van der Waals surface area contributed by atoms with Crippen LogP contribution in [0.15, 0.2) is 53.5 Å². The maximum atomic E-state index is 12.8. The third-order valence-electron chi connectivity index (χ3n) is 3.92. The van der Waals surface area contributed by atoms with Crippen LogP contribution >= 0.6 is 11.3 Å². The number of aliphatic imine (C=N–C) groups is 1. The van der Waals surface area contributed by atoms with Gasteiger partial charge in [-0.25, -0.2) is 0 Å². The van der Waals surface area contributed by atoms with E-state index < -0.39 is 11.7 Å². The number of hydrogen-bond acceptors (Lipinski definition) is 5. The van der Waals surface area contributed by atoms with Crippen molar-refractivity contribution < 1.29 is 18.3 Å². The van der Waals surface area contributed by atoms with Crippen LogP contribution in [0.1, 0.15) is 16.0 Å². The van der Waals surface area contributed by atoms with Crippen LogP contribution in [0, 0.1) is 0 Å². The second-order valence-corrected chi connectivity index (χ2v) is 6.82. The van der Waals surface area contributed by atoms with Gasteiger partial charge in [0.1, 0.15) is 0 Å². The zero-order valence-electron chi connectivity index (χ0n) is 13.7. The predicted molar refractivity (Wildman–Crippen MR) is 101 cm³/mol. The van der Waals surface area contributed by atoms with Gasteiger partial charge >= 0.3 is 6.18 Å². The summed E-state index contributed by atoms with van der Waals surface area (Å²) in [6.45, 7) is 0. The fourth-order valence-corrected chi connectivity index (χ4v) is 3.50. The Morgan fingerprint density at radius 3 is 2.70 bits per heavy atom. The Balaban J connectivity index is 1.60. The number of fused-ring (bicyclic) bond motifs is 1. The average Bonchev–Trinajstić information content (AvgIpc) is 3.19. The molecule has 2 aromatic carbocycles. The highest BCUT2D eigenvalue weighted by molar-refractivity contribution is 7.16. The van der Waals surface area contributed by atoms with Crippen LogP contribution in [-0.4, -0.2) is 16.3 Å². The first-order chi connectivity index (χ1) is 12.9. The Kier molecular flexibility index (Phi) is 4.19. The highest BCUT2D eigenvalue weighted by Crippen LogP contribution is 2.37. The second kappa shape index (κ2) is 6.55. The van der Waals surface area contributed by atoms with Crippen LogP contribution in [0.5, 0.6) is 5.88 Å². The van der Waals surface area contributed by atoms with E-state index in [0.717, 1.165) is 40.3 Å². The molecule has 0 unspecified atom stereocenters. The van der Waals surface area contributed by atoms with Crippen molar-refractivity contribution in [1.82, 2.24) is 4.98 Å². The van der Waals surface area contributed by atoms with Gasteiger partial charge in [-0.2, -0.15) is 18.2 Å². The first kappa shape index (κ1) is 17.3. The molecule has 0 spiro atoms. The summed E-state index contributed by atoms with van der Waals surface area (Å²) in [7, 11) is 0. The van der Waals surface area contributed by atoms with Gasteiger partial charge in [-0.3, -0.25) is 4.99 Å². The summed E-state index contributed by atoms with van der Waals surface area (Å²) in [5, 5.41) is 13.2. The van der Waals surface area contributed by atoms with E-state index in [-0.39, 0.29) is 11.6 Å². The van der Waals surface area contributed by atoms with E-state index in [1.165, 1.54) is 12.1 Å². The molecular weight excluding hydrogens is 375 g/mol. The number of aromatic nitrogens is 1. The molecule has 4 rings (SSSR count). The Bertz CT molecular complexity index is 1070. The smallest absolute Gasteiger partial charge is 0.416 e. The van der Waals surface area contributed by atoms with E-state index >= 15 is 0 Å². The number of nitrogens with one attached hydrogen (secondary N) is 1. The number of allylic oxidation sites excluding steroid dienone is 1. The topological polar surface area (TPSA) is 57.5 Å². The summed E-state index contributed by atoms with van der Waals surface area (Å²) < 4.78 is 38.5. The van der Waals surface area contributed by atoms with Gasteiger partial charge in [-0.05, 0) is 30.3 Å². The molecule has 136 valence electrons. The molecule has 1 aromatic heterocycles. The summed E-state index contributed by atoms with van der Waals surface area (Å²) in [5.74, 6) is -0.195. The second-order valence-electron chi connectivity index (χ2n) is 5.79. The number of benzene rings is 2. The van der Waals surface area contributed by atoms with Crippen molar-refractivity contribution in [2.24, 2.45) is 4.99 Å². The van der Waals surface area contributed by atoms with Gasteiger partial charge < -0.3 is 10.4 Å². The number of rotatable bonds is 3. The van der Waals surface area contributed by atoms with Crippen molar-refractivity contribution in [2.45, 2.75) is 6.18 Å². The summed E-state index contributed by atoms with van der Waals surface area (Å²) >= 11 is 1.14. The molecule has 1 aliphatic heterocycles. The molecule has 0 saturated carbocycles. The minimum atomic E-state index is -4.42. The molecule has 3 aromatic rings. The predicted octanol–water partition coefficient (Wildman–Crippen LogP) is 5.87. The molecule has 0 amide bonds. The van der Waals surface area contributed by atoms with E-state index in [1.807, 2.05) is 24.3 Å². The van der Waals surface area contributed by atoms with Crippen molar-refractivity contribution in [2.75, 3.05) is 5.32 Å². The molecule has 0 aliphatic carbocycles. The molecule has 0 radical (unpaired) electrons. The van der Waals surface area contributed by atoms with E-state index in [9.17, 15) is 18.3 Å². The molecule has 0 atom stereocenters. The highest BCUT2D eigenvalue weighted by Gasteiger charge is 2.30. The van der Waals surface area contributed by atoms with Gasteiger partial charge in [0, 0.05) is 23.0 Å². The van der Waals surface area contributed by atoms with Crippen LogP contribution in [0.2, 0.25) is 0 Å². The van der Waals surface area contributed by atoms with Crippen molar-refractivity contribution in [3.8, 4) is 5.88 Å². The standard InChI is InChI=1S/C19H12F3N3OS/c20-19(21,22)12-4-3-5-13(9-12)24-18-25-17(26)16(27-18)8-11-10-23-15-7-2-1-6-14(11)15/h1-10,26H,(H,24,25)/b11-8+. The van der Waals surface area contributed by atoms with Crippen molar-refractivity contribution in [1.29, 1.82) is 0 Å². The lowest BCUT2D eigenvalue weighted by atomic mass is 10.1. The van der Waals surface area contributed by atoms with Crippen LogP contribution in [0.3, 0.4) is 0 Å². The Morgan fingerprint density at radius 1 is 1.07 bits per heavy atom. The molecule has 2 heterocycles. The molecule has 0 saturated heterocycles. The quantitative estimate of drug-likeness (QED) is 0.591. The molecule has 1 aliphatic rings. The van der Waals surface area contributed by atoms with Gasteiger partial charge in [0.15, 0.2) is 5.13 Å². The fraction of sp³-hybridized carbons (Fsp3) is 0.0526. The minimum absolute atomic E-state index is 0.195. The molecule has 27 heavy (non-hydrogen) atoms. The maximum absolute atomic E-state index is 12.8. The van der Waals surface area contributed by atoms with Crippen LogP contribution in [0.4, 0.5) is 29.7 Å². The van der Waals surface area contributed by atoms with Gasteiger partial charge in [-0.15, -0.1) is 0 Å².